The van der Waals surface area contributed by atoms with Crippen LogP contribution >= 0.6 is 11.3 Å². The van der Waals surface area contributed by atoms with Crippen molar-refractivity contribution >= 4 is 43.0 Å². The minimum atomic E-state index is -4.64. The van der Waals surface area contributed by atoms with Gasteiger partial charge in [0.1, 0.15) is 0 Å². The standard InChI is InChI=1S/C21H21F2N3O3S2/c22-21(23)31(28,29)16-7-5-15(6-8-16)24-19(27)13-26-11-9-14(10-12-26)20-25-17-3-1-2-4-18(17)30-20/h1-8,14,21H,9-13H2,(H,24,27). The first-order valence-corrected chi connectivity index (χ1v) is 12.2. The lowest BCUT2D eigenvalue weighted by Crippen LogP contribution is -2.38. The fraction of sp³-hybridized carbons (Fsp3) is 0.333. The van der Waals surface area contributed by atoms with E-state index in [-0.39, 0.29) is 12.5 Å². The van der Waals surface area contributed by atoms with Crippen molar-refractivity contribution in [2.45, 2.75) is 29.4 Å². The van der Waals surface area contributed by atoms with Crippen LogP contribution in [0.5, 0.6) is 0 Å². The lowest BCUT2D eigenvalue weighted by Gasteiger charge is -2.30. The summed E-state index contributed by atoms with van der Waals surface area (Å²) in [6.07, 6.45) is 1.85. The molecule has 10 heteroatoms. The number of amides is 1. The molecule has 1 fully saturated rings. The summed E-state index contributed by atoms with van der Waals surface area (Å²) in [7, 11) is -4.64. The Bertz CT molecular complexity index is 1140. The fourth-order valence-corrected chi connectivity index (χ4v) is 5.49. The normalized spacial score (nSPS) is 16.1. The van der Waals surface area contributed by atoms with E-state index in [0.29, 0.717) is 11.6 Å². The number of piperidine rings is 1. The predicted molar refractivity (Wildman–Crippen MR) is 116 cm³/mol. The Labute approximate surface area is 182 Å². The highest BCUT2D eigenvalue weighted by atomic mass is 32.2. The maximum Gasteiger partial charge on any atom is 0.341 e. The average Bonchev–Trinajstić information content (AvgIpc) is 3.19. The first kappa shape index (κ1) is 21.8. The van der Waals surface area contributed by atoms with Crippen LogP contribution in [0.4, 0.5) is 14.5 Å². The largest absolute Gasteiger partial charge is 0.341 e. The van der Waals surface area contributed by atoms with Crippen LogP contribution in [0.2, 0.25) is 0 Å². The number of halogens is 2. The predicted octanol–water partition coefficient (Wildman–Crippen LogP) is 4.11. The van der Waals surface area contributed by atoms with Gasteiger partial charge >= 0.3 is 5.76 Å². The molecule has 0 saturated carbocycles. The number of alkyl halides is 2. The molecule has 2 aromatic carbocycles. The summed E-state index contributed by atoms with van der Waals surface area (Å²) in [6.45, 7) is 1.77. The summed E-state index contributed by atoms with van der Waals surface area (Å²) in [4.78, 5) is 18.7. The summed E-state index contributed by atoms with van der Waals surface area (Å²) in [5.74, 6) is -3.32. The third kappa shape index (κ3) is 4.91. The number of benzene rings is 2. The Morgan fingerprint density at radius 2 is 1.81 bits per heavy atom. The van der Waals surface area contributed by atoms with Crippen molar-refractivity contribution in [3.8, 4) is 0 Å². The smallest absolute Gasteiger partial charge is 0.325 e. The van der Waals surface area contributed by atoms with Crippen LogP contribution in [0.15, 0.2) is 53.4 Å². The highest BCUT2D eigenvalue weighted by molar-refractivity contribution is 7.91. The van der Waals surface area contributed by atoms with E-state index in [2.05, 4.69) is 16.3 Å². The van der Waals surface area contributed by atoms with E-state index >= 15 is 0 Å². The Morgan fingerprint density at radius 3 is 2.45 bits per heavy atom. The van der Waals surface area contributed by atoms with Crippen LogP contribution < -0.4 is 5.32 Å². The van der Waals surface area contributed by atoms with E-state index in [4.69, 9.17) is 4.98 Å². The van der Waals surface area contributed by atoms with Gasteiger partial charge in [-0.25, -0.2) is 13.4 Å². The van der Waals surface area contributed by atoms with Crippen LogP contribution in [0, 0.1) is 0 Å². The Kier molecular flexibility index (Phi) is 6.31. The van der Waals surface area contributed by atoms with Gasteiger partial charge in [-0.15, -0.1) is 11.3 Å². The molecule has 1 N–H and O–H groups in total. The number of hydrogen-bond donors (Lipinski definition) is 1. The quantitative estimate of drug-likeness (QED) is 0.593. The second-order valence-electron chi connectivity index (χ2n) is 7.45. The number of rotatable bonds is 6. The molecular formula is C21H21F2N3O3S2. The summed E-state index contributed by atoms with van der Waals surface area (Å²) in [5.41, 5.74) is 1.39. The summed E-state index contributed by atoms with van der Waals surface area (Å²) in [5, 5.41) is 3.83. The number of nitrogens with zero attached hydrogens (tertiary/aromatic N) is 2. The van der Waals surface area contributed by atoms with Gasteiger partial charge in [0.15, 0.2) is 0 Å². The molecule has 0 spiro atoms. The van der Waals surface area contributed by atoms with Crippen molar-refractivity contribution in [1.82, 2.24) is 9.88 Å². The maximum atomic E-state index is 12.6. The Balaban J connectivity index is 1.29. The fourth-order valence-electron chi connectivity index (χ4n) is 3.64. The number of nitrogens with one attached hydrogen (secondary N) is 1. The lowest BCUT2D eigenvalue weighted by atomic mass is 9.97. The molecule has 0 atom stereocenters. The zero-order chi connectivity index (χ0) is 22.0. The van der Waals surface area contributed by atoms with Crippen molar-refractivity contribution in [1.29, 1.82) is 0 Å². The summed E-state index contributed by atoms with van der Waals surface area (Å²) >= 11 is 1.73. The van der Waals surface area contributed by atoms with Crippen molar-refractivity contribution in [3.63, 3.8) is 0 Å². The van der Waals surface area contributed by atoms with Crippen molar-refractivity contribution in [2.24, 2.45) is 0 Å². The van der Waals surface area contributed by atoms with E-state index in [9.17, 15) is 22.0 Å². The van der Waals surface area contributed by atoms with E-state index < -0.39 is 20.5 Å². The number of carbonyl (C=O) groups is 1. The SMILES string of the molecule is O=C(CN1CCC(c2nc3ccccc3s2)CC1)Nc1ccc(S(=O)(=O)C(F)F)cc1. The molecule has 1 aliphatic rings. The van der Waals surface area contributed by atoms with Gasteiger partial charge in [0.2, 0.25) is 15.7 Å². The topological polar surface area (TPSA) is 79.4 Å². The molecular weight excluding hydrogens is 444 g/mol. The zero-order valence-corrected chi connectivity index (χ0v) is 18.1. The number of fused-ring (bicyclic) bond motifs is 1. The molecule has 0 radical (unpaired) electrons. The van der Waals surface area contributed by atoms with E-state index in [1.807, 2.05) is 18.2 Å². The second-order valence-corrected chi connectivity index (χ2v) is 10.4. The lowest BCUT2D eigenvalue weighted by molar-refractivity contribution is -0.117. The molecule has 164 valence electrons. The molecule has 1 amide bonds. The maximum absolute atomic E-state index is 12.6. The average molecular weight is 466 g/mol. The first-order chi connectivity index (χ1) is 14.8. The van der Waals surface area contributed by atoms with Gasteiger partial charge in [-0.05, 0) is 62.3 Å². The van der Waals surface area contributed by atoms with Crippen LogP contribution in [-0.2, 0) is 14.6 Å². The highest BCUT2D eigenvalue weighted by Crippen LogP contribution is 2.33. The van der Waals surface area contributed by atoms with E-state index in [0.717, 1.165) is 48.6 Å². The van der Waals surface area contributed by atoms with E-state index in [1.54, 1.807) is 11.3 Å². The Morgan fingerprint density at radius 1 is 1.13 bits per heavy atom. The first-order valence-electron chi connectivity index (χ1n) is 9.83. The van der Waals surface area contributed by atoms with Crippen LogP contribution in [0.25, 0.3) is 10.2 Å². The van der Waals surface area contributed by atoms with E-state index in [1.165, 1.54) is 16.8 Å². The third-order valence-electron chi connectivity index (χ3n) is 5.32. The molecule has 31 heavy (non-hydrogen) atoms. The molecule has 2 heterocycles. The highest BCUT2D eigenvalue weighted by Gasteiger charge is 2.27. The summed E-state index contributed by atoms with van der Waals surface area (Å²) in [6, 6.07) is 12.9. The number of hydrogen-bond acceptors (Lipinski definition) is 6. The number of carbonyl (C=O) groups excluding carboxylic acids is 1. The molecule has 0 unspecified atom stereocenters. The minimum absolute atomic E-state index is 0.212. The molecule has 6 nitrogen and oxygen atoms in total. The number of aromatic nitrogens is 1. The molecule has 0 aliphatic carbocycles. The zero-order valence-electron chi connectivity index (χ0n) is 16.5. The van der Waals surface area contributed by atoms with Crippen LogP contribution in [0.3, 0.4) is 0 Å². The molecule has 1 aliphatic heterocycles. The Hall–Kier alpha value is -2.43. The van der Waals surface area contributed by atoms with Gasteiger partial charge in [-0.3, -0.25) is 9.69 Å². The van der Waals surface area contributed by atoms with Crippen LogP contribution in [0.1, 0.15) is 23.8 Å². The molecule has 4 rings (SSSR count). The molecule has 1 saturated heterocycles. The number of anilines is 1. The number of thiazole rings is 1. The second kappa shape index (κ2) is 8.97. The van der Waals surface area contributed by atoms with Crippen molar-refractivity contribution in [2.75, 3.05) is 25.0 Å². The van der Waals surface area contributed by atoms with Crippen LogP contribution in [-0.4, -0.2) is 49.6 Å². The van der Waals surface area contributed by atoms with Gasteiger partial charge in [-0.1, -0.05) is 12.1 Å². The minimum Gasteiger partial charge on any atom is -0.325 e. The van der Waals surface area contributed by atoms with Gasteiger partial charge in [0, 0.05) is 11.6 Å². The molecule has 0 bridgehead atoms. The molecule has 3 aromatic rings. The number of para-hydroxylation sites is 1. The van der Waals surface area contributed by atoms with Gasteiger partial charge in [0.25, 0.3) is 0 Å². The number of likely N-dealkylation sites (tertiary alicyclic amines) is 1. The third-order valence-corrected chi connectivity index (χ3v) is 7.91. The van der Waals surface area contributed by atoms with Crippen molar-refractivity contribution in [3.05, 3.63) is 53.5 Å². The number of sulfone groups is 1. The van der Waals surface area contributed by atoms with Gasteiger partial charge < -0.3 is 5.32 Å². The monoisotopic (exact) mass is 465 g/mol. The molecule has 1 aromatic heterocycles. The van der Waals surface area contributed by atoms with Gasteiger partial charge in [-0.2, -0.15) is 8.78 Å². The van der Waals surface area contributed by atoms with Crippen molar-refractivity contribution < 1.29 is 22.0 Å². The van der Waals surface area contributed by atoms with Gasteiger partial charge in [0.05, 0.1) is 26.7 Å². The summed E-state index contributed by atoms with van der Waals surface area (Å²) < 4.78 is 49.3.